The highest BCUT2D eigenvalue weighted by Crippen LogP contribution is 2.30. The van der Waals surface area contributed by atoms with Crippen LogP contribution in [-0.4, -0.2) is 46.1 Å². The molecule has 2 amide bonds. The molecular formula is C23H28N4O7. The second-order valence-corrected chi connectivity index (χ2v) is 8.01. The first-order chi connectivity index (χ1) is 16.2. The van der Waals surface area contributed by atoms with Crippen LogP contribution >= 0.6 is 0 Å². The van der Waals surface area contributed by atoms with Gasteiger partial charge in [0.2, 0.25) is 11.8 Å². The van der Waals surface area contributed by atoms with Gasteiger partial charge in [0.25, 0.3) is 5.56 Å². The molecule has 11 heteroatoms. The number of ether oxygens (including phenoxy) is 2. The molecule has 3 atom stereocenters. The molecule has 1 aromatic heterocycles. The van der Waals surface area contributed by atoms with Crippen LogP contribution in [0.5, 0.6) is 0 Å². The number of hydrogen-bond acceptors (Lipinski definition) is 7. The molecule has 2 heterocycles. The number of aromatic amines is 1. The molecule has 0 spiro atoms. The number of rotatable bonds is 8. The molecule has 2 aromatic rings. The van der Waals surface area contributed by atoms with Crippen LogP contribution in [0.3, 0.4) is 0 Å². The molecule has 1 fully saturated rings. The fourth-order valence-electron chi connectivity index (χ4n) is 3.82. The molecule has 1 aromatic carbocycles. The summed E-state index contributed by atoms with van der Waals surface area (Å²) in [4.78, 5) is 62.0. The van der Waals surface area contributed by atoms with Crippen molar-refractivity contribution < 1.29 is 23.9 Å². The standard InChI is InChI=1S/C23H28N4O7/c1-4-15-12-27(23(32)26-22(15)31)21-10-18(33-14(3)29)19(34-21)11-24-20(30)9-16-7-5-6-8-17(16)25-13(2)28/h5-8,12,18-19,21H,4,9-11H2,1-3H3,(H,24,30)(H,25,28)(H,26,31,32)/t18-,19+,21+/m0/s1. The summed E-state index contributed by atoms with van der Waals surface area (Å²) in [7, 11) is 0. The monoisotopic (exact) mass is 472 g/mol. The number of carbonyl (C=O) groups excluding carboxylic acids is 3. The van der Waals surface area contributed by atoms with Crippen molar-refractivity contribution >= 4 is 23.5 Å². The maximum atomic E-state index is 12.6. The van der Waals surface area contributed by atoms with Gasteiger partial charge < -0.3 is 20.1 Å². The third kappa shape index (κ3) is 6.19. The van der Waals surface area contributed by atoms with Crippen molar-refractivity contribution in [1.29, 1.82) is 0 Å². The van der Waals surface area contributed by atoms with Gasteiger partial charge in [0.05, 0.1) is 6.42 Å². The summed E-state index contributed by atoms with van der Waals surface area (Å²) in [5.74, 6) is -1.08. The number of carbonyl (C=O) groups is 3. The normalized spacial score (nSPS) is 19.4. The van der Waals surface area contributed by atoms with Gasteiger partial charge in [0, 0.05) is 44.3 Å². The van der Waals surface area contributed by atoms with E-state index in [2.05, 4.69) is 15.6 Å². The summed E-state index contributed by atoms with van der Waals surface area (Å²) in [5, 5.41) is 5.45. The van der Waals surface area contributed by atoms with E-state index in [9.17, 15) is 24.0 Å². The average molecular weight is 472 g/mol. The number of amides is 2. The zero-order valence-corrected chi connectivity index (χ0v) is 19.3. The molecule has 3 N–H and O–H groups in total. The Kier molecular flexibility index (Phi) is 8.00. The Morgan fingerprint density at radius 3 is 2.59 bits per heavy atom. The van der Waals surface area contributed by atoms with E-state index >= 15 is 0 Å². The maximum Gasteiger partial charge on any atom is 0.330 e. The van der Waals surface area contributed by atoms with Gasteiger partial charge in [0.15, 0.2) is 0 Å². The maximum absolute atomic E-state index is 12.6. The highest BCUT2D eigenvalue weighted by atomic mass is 16.6. The first-order valence-corrected chi connectivity index (χ1v) is 11.0. The van der Waals surface area contributed by atoms with Crippen molar-refractivity contribution in [3.05, 3.63) is 62.4 Å². The lowest BCUT2D eigenvalue weighted by Gasteiger charge is -2.19. The second kappa shape index (κ2) is 10.9. The van der Waals surface area contributed by atoms with Crippen LogP contribution in [0.4, 0.5) is 5.69 Å². The number of nitrogens with one attached hydrogen (secondary N) is 3. The summed E-state index contributed by atoms with van der Waals surface area (Å²) in [6.45, 7) is 4.48. The van der Waals surface area contributed by atoms with E-state index in [1.807, 2.05) is 0 Å². The predicted octanol–water partition coefficient (Wildman–Crippen LogP) is 0.636. The molecule has 3 rings (SSSR count). The number of aromatic nitrogens is 2. The number of H-pyrrole nitrogens is 1. The third-order valence-corrected chi connectivity index (χ3v) is 5.41. The van der Waals surface area contributed by atoms with Crippen molar-refractivity contribution in [2.24, 2.45) is 0 Å². The minimum atomic E-state index is -0.776. The topological polar surface area (TPSA) is 149 Å². The summed E-state index contributed by atoms with van der Waals surface area (Å²) in [5.41, 5.74) is 0.518. The van der Waals surface area contributed by atoms with E-state index in [-0.39, 0.29) is 31.2 Å². The van der Waals surface area contributed by atoms with E-state index in [1.165, 1.54) is 24.6 Å². The molecule has 0 saturated carbocycles. The molecule has 0 unspecified atom stereocenters. The van der Waals surface area contributed by atoms with Crippen LogP contribution in [0.25, 0.3) is 0 Å². The van der Waals surface area contributed by atoms with Gasteiger partial charge in [0.1, 0.15) is 18.4 Å². The quantitative estimate of drug-likeness (QED) is 0.477. The number of para-hydroxylation sites is 1. The number of benzene rings is 1. The summed E-state index contributed by atoms with van der Waals surface area (Å²) in [6, 6.07) is 6.97. The number of aryl methyl sites for hydroxylation is 1. The molecular weight excluding hydrogens is 444 g/mol. The largest absolute Gasteiger partial charge is 0.460 e. The van der Waals surface area contributed by atoms with E-state index < -0.39 is 35.7 Å². The van der Waals surface area contributed by atoms with Gasteiger partial charge in [-0.25, -0.2) is 4.79 Å². The van der Waals surface area contributed by atoms with Crippen molar-refractivity contribution in [3.63, 3.8) is 0 Å². The van der Waals surface area contributed by atoms with Crippen LogP contribution < -0.4 is 21.9 Å². The molecule has 0 aliphatic carbocycles. The Morgan fingerprint density at radius 2 is 1.91 bits per heavy atom. The fraction of sp³-hybridized carbons (Fsp3) is 0.435. The number of esters is 1. The minimum absolute atomic E-state index is 0.0179. The molecule has 1 aliphatic rings. The molecule has 0 radical (unpaired) electrons. The Hall–Kier alpha value is -3.73. The highest BCUT2D eigenvalue weighted by Gasteiger charge is 2.39. The van der Waals surface area contributed by atoms with Crippen molar-refractivity contribution in [1.82, 2.24) is 14.9 Å². The Bertz CT molecular complexity index is 1190. The summed E-state index contributed by atoms with van der Waals surface area (Å²) >= 11 is 0. The average Bonchev–Trinajstić information content (AvgIpc) is 3.15. The first-order valence-electron chi connectivity index (χ1n) is 11.0. The minimum Gasteiger partial charge on any atom is -0.460 e. The van der Waals surface area contributed by atoms with Crippen LogP contribution in [0.2, 0.25) is 0 Å². The Morgan fingerprint density at radius 1 is 1.18 bits per heavy atom. The van der Waals surface area contributed by atoms with Crippen LogP contribution in [0, 0.1) is 0 Å². The summed E-state index contributed by atoms with van der Waals surface area (Å²) in [6.07, 6.45) is -0.108. The number of anilines is 1. The van der Waals surface area contributed by atoms with Gasteiger partial charge in [-0.3, -0.25) is 28.7 Å². The lowest BCUT2D eigenvalue weighted by Crippen LogP contribution is -2.39. The van der Waals surface area contributed by atoms with Crippen LogP contribution in [0.15, 0.2) is 40.1 Å². The van der Waals surface area contributed by atoms with Crippen molar-refractivity contribution in [3.8, 4) is 0 Å². The van der Waals surface area contributed by atoms with E-state index in [0.29, 0.717) is 23.2 Å². The van der Waals surface area contributed by atoms with Gasteiger partial charge in [-0.05, 0) is 18.1 Å². The lowest BCUT2D eigenvalue weighted by molar-refractivity contribution is -0.149. The molecule has 0 bridgehead atoms. The molecule has 11 nitrogen and oxygen atoms in total. The zero-order valence-electron chi connectivity index (χ0n) is 19.3. The Balaban J connectivity index is 1.70. The summed E-state index contributed by atoms with van der Waals surface area (Å²) < 4.78 is 12.6. The highest BCUT2D eigenvalue weighted by molar-refractivity contribution is 5.91. The Labute approximate surface area is 195 Å². The van der Waals surface area contributed by atoms with Crippen LogP contribution in [0.1, 0.15) is 44.5 Å². The molecule has 34 heavy (non-hydrogen) atoms. The van der Waals surface area contributed by atoms with Crippen molar-refractivity contribution in [2.45, 2.75) is 58.5 Å². The van der Waals surface area contributed by atoms with E-state index in [4.69, 9.17) is 9.47 Å². The van der Waals surface area contributed by atoms with E-state index in [0.717, 1.165) is 0 Å². The van der Waals surface area contributed by atoms with E-state index in [1.54, 1.807) is 31.2 Å². The first kappa shape index (κ1) is 24.9. The number of hydrogen-bond donors (Lipinski definition) is 3. The van der Waals surface area contributed by atoms with Gasteiger partial charge in [-0.15, -0.1) is 0 Å². The molecule has 1 saturated heterocycles. The second-order valence-electron chi connectivity index (χ2n) is 8.01. The van der Waals surface area contributed by atoms with Gasteiger partial charge in [-0.1, -0.05) is 25.1 Å². The third-order valence-electron chi connectivity index (χ3n) is 5.41. The lowest BCUT2D eigenvalue weighted by atomic mass is 10.1. The molecule has 182 valence electrons. The molecule has 1 aliphatic heterocycles. The zero-order chi connectivity index (χ0) is 24.8. The smallest absolute Gasteiger partial charge is 0.330 e. The van der Waals surface area contributed by atoms with Crippen LogP contribution in [-0.2, 0) is 36.7 Å². The van der Waals surface area contributed by atoms with Gasteiger partial charge >= 0.3 is 11.7 Å². The van der Waals surface area contributed by atoms with Crippen molar-refractivity contribution in [2.75, 3.05) is 11.9 Å². The fourth-order valence-corrected chi connectivity index (χ4v) is 3.82. The van der Waals surface area contributed by atoms with Gasteiger partial charge in [-0.2, -0.15) is 0 Å². The number of nitrogens with zero attached hydrogens (tertiary/aromatic N) is 1. The SMILES string of the molecule is CCc1cn([C@H]2C[C@H](OC(C)=O)[C@@H](CNC(=O)Cc3ccccc3NC(C)=O)O2)c(=O)[nH]c1=O. The predicted molar refractivity (Wildman–Crippen MR) is 122 cm³/mol.